The van der Waals surface area contributed by atoms with Crippen LogP contribution >= 0.6 is 0 Å². The fourth-order valence-corrected chi connectivity index (χ4v) is 3.33. The standard InChI is InChI=1S/C19H21N2OSi/c1-21-13-18(16-9-4-5-10-17(16)19(21)22)15-8-6-7-14(11-15)12-20-23(2)3/h4-11,13,20H,12H2,1-3H3. The molecule has 23 heavy (non-hydrogen) atoms. The highest BCUT2D eigenvalue weighted by atomic mass is 28.3. The van der Waals surface area contributed by atoms with Gasteiger partial charge < -0.3 is 9.55 Å². The van der Waals surface area contributed by atoms with E-state index in [2.05, 4.69) is 42.3 Å². The van der Waals surface area contributed by atoms with E-state index in [0.29, 0.717) is 0 Å². The zero-order valence-electron chi connectivity index (χ0n) is 13.8. The summed E-state index contributed by atoms with van der Waals surface area (Å²) >= 11 is 0. The molecule has 2 aromatic carbocycles. The van der Waals surface area contributed by atoms with Crippen LogP contribution in [0.1, 0.15) is 5.56 Å². The number of benzene rings is 2. The molecule has 0 spiro atoms. The zero-order chi connectivity index (χ0) is 16.4. The first-order valence-corrected chi connectivity index (χ1v) is 10.3. The van der Waals surface area contributed by atoms with Crippen molar-refractivity contribution in [1.82, 2.24) is 9.55 Å². The minimum absolute atomic E-state index is 0.0476. The second-order valence-electron chi connectivity index (χ2n) is 6.06. The van der Waals surface area contributed by atoms with Crippen LogP contribution in [0.5, 0.6) is 0 Å². The Bertz CT molecular complexity index is 899. The average Bonchev–Trinajstić information content (AvgIpc) is 2.56. The summed E-state index contributed by atoms with van der Waals surface area (Å²) in [5, 5.41) is 1.78. The van der Waals surface area contributed by atoms with Gasteiger partial charge >= 0.3 is 0 Å². The molecule has 1 radical (unpaired) electrons. The molecule has 0 amide bonds. The Morgan fingerprint density at radius 2 is 1.78 bits per heavy atom. The molecule has 0 saturated heterocycles. The van der Waals surface area contributed by atoms with E-state index in [9.17, 15) is 4.79 Å². The topological polar surface area (TPSA) is 34.0 Å². The molecule has 0 fully saturated rings. The van der Waals surface area contributed by atoms with Crippen molar-refractivity contribution in [2.45, 2.75) is 19.6 Å². The molecule has 0 bridgehead atoms. The van der Waals surface area contributed by atoms with Gasteiger partial charge in [0.2, 0.25) is 0 Å². The van der Waals surface area contributed by atoms with Crippen LogP contribution in [0.2, 0.25) is 13.1 Å². The molecular weight excluding hydrogens is 300 g/mol. The molecule has 0 unspecified atom stereocenters. The van der Waals surface area contributed by atoms with Gasteiger partial charge in [-0.15, -0.1) is 0 Å². The van der Waals surface area contributed by atoms with Crippen LogP contribution in [0.15, 0.2) is 59.5 Å². The summed E-state index contributed by atoms with van der Waals surface area (Å²) in [6, 6.07) is 16.4. The van der Waals surface area contributed by atoms with Gasteiger partial charge in [0.05, 0.1) is 0 Å². The summed E-state index contributed by atoms with van der Waals surface area (Å²) in [6.45, 7) is 5.38. The molecule has 3 rings (SSSR count). The first-order valence-electron chi connectivity index (χ1n) is 7.78. The number of hydrogen-bond acceptors (Lipinski definition) is 2. The number of nitrogens with one attached hydrogen (secondary N) is 1. The summed E-state index contributed by atoms with van der Waals surface area (Å²) < 4.78 is 1.67. The second-order valence-corrected chi connectivity index (χ2v) is 8.41. The van der Waals surface area contributed by atoms with Gasteiger partial charge in [-0.05, 0) is 28.6 Å². The summed E-state index contributed by atoms with van der Waals surface area (Å²) in [6.07, 6.45) is 1.94. The third-order valence-corrected chi connectivity index (χ3v) is 4.86. The molecule has 1 heterocycles. The second kappa shape index (κ2) is 6.52. The first kappa shape index (κ1) is 15.7. The quantitative estimate of drug-likeness (QED) is 0.746. The summed E-state index contributed by atoms with van der Waals surface area (Å²) in [7, 11) is 1.36. The van der Waals surface area contributed by atoms with E-state index < -0.39 is 8.96 Å². The molecule has 117 valence electrons. The lowest BCUT2D eigenvalue weighted by molar-refractivity contribution is 0.874. The van der Waals surface area contributed by atoms with E-state index >= 15 is 0 Å². The maximum atomic E-state index is 12.3. The number of fused-ring (bicyclic) bond motifs is 1. The van der Waals surface area contributed by atoms with Crippen LogP contribution in [0.25, 0.3) is 21.9 Å². The predicted molar refractivity (Wildman–Crippen MR) is 98.9 cm³/mol. The molecule has 1 N–H and O–H groups in total. The summed E-state index contributed by atoms with van der Waals surface area (Å²) in [5.41, 5.74) is 3.57. The number of aryl methyl sites for hydroxylation is 1. The molecule has 1 aromatic heterocycles. The van der Waals surface area contributed by atoms with Gasteiger partial charge in [0.15, 0.2) is 0 Å². The van der Waals surface area contributed by atoms with Crippen LogP contribution < -0.4 is 10.5 Å². The number of hydrogen-bond donors (Lipinski definition) is 1. The van der Waals surface area contributed by atoms with E-state index in [1.54, 1.807) is 4.57 Å². The fourth-order valence-electron chi connectivity index (χ4n) is 2.77. The van der Waals surface area contributed by atoms with Crippen LogP contribution in [0.3, 0.4) is 0 Å². The van der Waals surface area contributed by atoms with Crippen LogP contribution in [0, 0.1) is 0 Å². The molecule has 3 aromatic rings. The van der Waals surface area contributed by atoms with E-state index in [4.69, 9.17) is 0 Å². The molecule has 4 heteroatoms. The lowest BCUT2D eigenvalue weighted by Crippen LogP contribution is -2.26. The minimum Gasteiger partial charge on any atom is -0.334 e. The normalized spacial score (nSPS) is 11.3. The van der Waals surface area contributed by atoms with E-state index in [0.717, 1.165) is 28.4 Å². The number of pyridine rings is 1. The highest BCUT2D eigenvalue weighted by Crippen LogP contribution is 2.27. The molecule has 0 atom stereocenters. The predicted octanol–water partition coefficient (Wildman–Crippen LogP) is 3.55. The summed E-state index contributed by atoms with van der Waals surface area (Å²) in [4.78, 5) is 15.9. The maximum Gasteiger partial charge on any atom is 0.258 e. The smallest absolute Gasteiger partial charge is 0.258 e. The SMILES string of the molecule is Cn1cc(-c2cccc(CN[Si](C)C)c2)c2ccccc2c1=O. The van der Waals surface area contributed by atoms with Gasteiger partial charge in [0.1, 0.15) is 8.96 Å². The minimum atomic E-state index is -0.451. The lowest BCUT2D eigenvalue weighted by atomic mass is 9.99. The fraction of sp³-hybridized carbons (Fsp3) is 0.211. The Morgan fingerprint density at radius 1 is 1.04 bits per heavy atom. The van der Waals surface area contributed by atoms with Crippen LogP contribution in [-0.2, 0) is 13.6 Å². The molecule has 0 aliphatic heterocycles. The number of nitrogens with zero attached hydrogens (tertiary/aromatic N) is 1. The van der Waals surface area contributed by atoms with Crippen molar-refractivity contribution in [1.29, 1.82) is 0 Å². The highest BCUT2D eigenvalue weighted by molar-refractivity contribution is 6.52. The van der Waals surface area contributed by atoms with E-state index in [1.165, 1.54) is 5.56 Å². The third-order valence-electron chi connectivity index (χ3n) is 3.97. The molecule has 0 aliphatic rings. The molecular formula is C19H21N2OSi. The number of rotatable bonds is 4. The van der Waals surface area contributed by atoms with Crippen molar-refractivity contribution < 1.29 is 0 Å². The van der Waals surface area contributed by atoms with Gasteiger partial charge in [0, 0.05) is 30.7 Å². The van der Waals surface area contributed by atoms with Crippen molar-refractivity contribution in [3.05, 3.63) is 70.6 Å². The van der Waals surface area contributed by atoms with Gasteiger partial charge in [-0.25, -0.2) is 0 Å². The van der Waals surface area contributed by atoms with Crippen molar-refractivity contribution in [2.24, 2.45) is 7.05 Å². The van der Waals surface area contributed by atoms with Crippen LogP contribution in [-0.4, -0.2) is 13.5 Å². The van der Waals surface area contributed by atoms with E-state index in [1.807, 2.05) is 37.5 Å². The molecule has 3 nitrogen and oxygen atoms in total. The highest BCUT2D eigenvalue weighted by Gasteiger charge is 2.09. The van der Waals surface area contributed by atoms with Crippen molar-refractivity contribution in [2.75, 3.05) is 0 Å². The lowest BCUT2D eigenvalue weighted by Gasteiger charge is -2.12. The van der Waals surface area contributed by atoms with Gasteiger partial charge in [-0.2, -0.15) is 0 Å². The maximum absolute atomic E-state index is 12.3. The third kappa shape index (κ3) is 3.28. The van der Waals surface area contributed by atoms with Crippen molar-refractivity contribution >= 4 is 19.7 Å². The molecule has 0 aliphatic carbocycles. The van der Waals surface area contributed by atoms with Crippen molar-refractivity contribution in [3.63, 3.8) is 0 Å². The monoisotopic (exact) mass is 321 g/mol. The Labute approximate surface area is 138 Å². The van der Waals surface area contributed by atoms with E-state index in [-0.39, 0.29) is 5.56 Å². The Hall–Kier alpha value is -2.17. The van der Waals surface area contributed by atoms with Gasteiger partial charge in [-0.1, -0.05) is 49.5 Å². The Morgan fingerprint density at radius 3 is 2.52 bits per heavy atom. The number of aromatic nitrogens is 1. The zero-order valence-corrected chi connectivity index (χ0v) is 14.8. The largest absolute Gasteiger partial charge is 0.334 e. The average molecular weight is 321 g/mol. The van der Waals surface area contributed by atoms with Gasteiger partial charge in [0.25, 0.3) is 5.56 Å². The first-order chi connectivity index (χ1) is 11.1. The Balaban J connectivity index is 2.12. The Kier molecular flexibility index (Phi) is 4.46. The van der Waals surface area contributed by atoms with Crippen molar-refractivity contribution in [3.8, 4) is 11.1 Å². The summed E-state index contributed by atoms with van der Waals surface area (Å²) in [5.74, 6) is 0. The molecule has 0 saturated carbocycles. The van der Waals surface area contributed by atoms with Gasteiger partial charge in [-0.3, -0.25) is 4.79 Å². The van der Waals surface area contributed by atoms with Crippen LogP contribution in [0.4, 0.5) is 0 Å².